The van der Waals surface area contributed by atoms with Gasteiger partial charge in [-0.1, -0.05) is 12.1 Å². The van der Waals surface area contributed by atoms with Gasteiger partial charge in [0.2, 0.25) is 5.91 Å². The first kappa shape index (κ1) is 13.9. The van der Waals surface area contributed by atoms with Gasteiger partial charge >= 0.3 is 0 Å². The zero-order valence-corrected chi connectivity index (χ0v) is 11.3. The second-order valence-electron chi connectivity index (χ2n) is 4.46. The number of nitrogens with two attached hydrogens (primary N) is 1. The van der Waals surface area contributed by atoms with Gasteiger partial charge in [-0.3, -0.25) is 9.59 Å². The number of hydrogen-bond acceptors (Lipinski definition) is 3. The molecule has 1 heterocycles. The molecule has 0 aliphatic carbocycles. The minimum atomic E-state index is -0.431. The van der Waals surface area contributed by atoms with E-state index in [1.54, 1.807) is 35.0 Å². The lowest BCUT2D eigenvalue weighted by Crippen LogP contribution is -2.17. The highest BCUT2D eigenvalue weighted by atomic mass is 16.1. The fourth-order valence-electron chi connectivity index (χ4n) is 1.87. The summed E-state index contributed by atoms with van der Waals surface area (Å²) in [6.45, 7) is 3.18. The molecule has 0 saturated heterocycles. The molecule has 0 bridgehead atoms. The molecule has 1 amide bonds. The monoisotopic (exact) mass is 271 g/mol. The Morgan fingerprint density at radius 2 is 1.90 bits per heavy atom. The lowest BCUT2D eigenvalue weighted by molar-refractivity contribution is 0.100. The molecule has 0 spiro atoms. The number of rotatable bonds is 5. The molecule has 2 rings (SSSR count). The predicted octanol–water partition coefficient (Wildman–Crippen LogP) is 1.58. The maximum atomic E-state index is 11.5. The van der Waals surface area contributed by atoms with Crippen molar-refractivity contribution in [1.82, 2.24) is 4.57 Å². The third-order valence-electron chi connectivity index (χ3n) is 3.06. The smallest absolute Gasteiger partial charge is 0.250 e. The van der Waals surface area contributed by atoms with E-state index in [0.717, 1.165) is 11.3 Å². The number of carbonyl (C=O) groups excluding carboxylic acids is 1. The van der Waals surface area contributed by atoms with Gasteiger partial charge in [0.25, 0.3) is 5.56 Å². The van der Waals surface area contributed by atoms with Crippen molar-refractivity contribution in [1.29, 1.82) is 0 Å². The molecule has 0 fully saturated rings. The molecular formula is C15H17N3O2. The van der Waals surface area contributed by atoms with Crippen LogP contribution in [-0.4, -0.2) is 10.5 Å². The number of primary amides is 1. The van der Waals surface area contributed by atoms with Gasteiger partial charge in [0.1, 0.15) is 0 Å². The molecule has 0 aliphatic heterocycles. The molecule has 0 unspecified atom stereocenters. The van der Waals surface area contributed by atoms with Crippen molar-refractivity contribution < 1.29 is 4.79 Å². The highest BCUT2D eigenvalue weighted by Gasteiger charge is 2.00. The number of amides is 1. The fraction of sp³-hybridized carbons (Fsp3) is 0.200. The Morgan fingerprint density at radius 3 is 2.50 bits per heavy atom. The van der Waals surface area contributed by atoms with E-state index in [1.807, 2.05) is 19.1 Å². The van der Waals surface area contributed by atoms with Crippen molar-refractivity contribution in [2.45, 2.75) is 20.0 Å². The summed E-state index contributed by atoms with van der Waals surface area (Å²) in [5, 5.41) is 3.24. The summed E-state index contributed by atoms with van der Waals surface area (Å²) in [7, 11) is 0. The molecule has 1 aromatic carbocycles. The number of aryl methyl sites for hydroxylation is 1. The Morgan fingerprint density at radius 1 is 1.20 bits per heavy atom. The highest BCUT2D eigenvalue weighted by molar-refractivity contribution is 5.92. The second-order valence-corrected chi connectivity index (χ2v) is 4.46. The topological polar surface area (TPSA) is 77.1 Å². The van der Waals surface area contributed by atoms with Crippen LogP contribution in [0.4, 0.5) is 5.69 Å². The molecule has 0 saturated carbocycles. The van der Waals surface area contributed by atoms with Crippen molar-refractivity contribution in [2.24, 2.45) is 5.73 Å². The molecule has 0 atom stereocenters. The number of aromatic nitrogens is 1. The van der Waals surface area contributed by atoms with E-state index in [1.165, 1.54) is 0 Å². The van der Waals surface area contributed by atoms with Gasteiger partial charge in [-0.25, -0.2) is 0 Å². The largest absolute Gasteiger partial charge is 0.380 e. The summed E-state index contributed by atoms with van der Waals surface area (Å²) in [6, 6.07) is 10.4. The van der Waals surface area contributed by atoms with E-state index in [2.05, 4.69) is 5.32 Å². The van der Waals surface area contributed by atoms with Crippen LogP contribution in [0.3, 0.4) is 0 Å². The van der Waals surface area contributed by atoms with Gasteiger partial charge in [-0.2, -0.15) is 0 Å². The zero-order valence-electron chi connectivity index (χ0n) is 11.3. The molecule has 5 heteroatoms. The summed E-state index contributed by atoms with van der Waals surface area (Å²) in [6.07, 6.45) is 1.79. The minimum Gasteiger partial charge on any atom is -0.380 e. The summed E-state index contributed by atoms with van der Waals surface area (Å²) in [5.41, 5.74) is 7.58. The number of pyridine rings is 1. The zero-order chi connectivity index (χ0) is 14.5. The van der Waals surface area contributed by atoms with E-state index in [0.29, 0.717) is 18.7 Å². The summed E-state index contributed by atoms with van der Waals surface area (Å²) < 4.78 is 1.64. The van der Waals surface area contributed by atoms with E-state index in [9.17, 15) is 9.59 Å². The van der Waals surface area contributed by atoms with Crippen molar-refractivity contribution in [3.63, 3.8) is 0 Å². The maximum Gasteiger partial charge on any atom is 0.250 e. The van der Waals surface area contributed by atoms with Crippen LogP contribution in [0.25, 0.3) is 0 Å². The van der Waals surface area contributed by atoms with Crippen molar-refractivity contribution in [2.75, 3.05) is 5.32 Å². The standard InChI is InChI=1S/C15H17N3O2/c1-2-18-10-13(7-8-14(18)19)17-9-11-3-5-12(6-4-11)15(16)20/h3-8,10,17H,2,9H2,1H3,(H2,16,20). The van der Waals surface area contributed by atoms with E-state index < -0.39 is 5.91 Å². The van der Waals surface area contributed by atoms with Crippen LogP contribution in [0.5, 0.6) is 0 Å². The summed E-state index contributed by atoms with van der Waals surface area (Å²) in [4.78, 5) is 22.4. The van der Waals surface area contributed by atoms with Gasteiger partial charge in [0, 0.05) is 30.9 Å². The number of nitrogens with zero attached hydrogens (tertiary/aromatic N) is 1. The summed E-state index contributed by atoms with van der Waals surface area (Å²) in [5.74, 6) is -0.431. The maximum absolute atomic E-state index is 11.5. The number of nitrogens with one attached hydrogen (secondary N) is 1. The lowest BCUT2D eigenvalue weighted by Gasteiger charge is -2.09. The highest BCUT2D eigenvalue weighted by Crippen LogP contribution is 2.08. The Balaban J connectivity index is 2.05. The van der Waals surface area contributed by atoms with E-state index in [4.69, 9.17) is 5.73 Å². The Labute approximate surface area is 117 Å². The number of benzene rings is 1. The van der Waals surface area contributed by atoms with Crippen LogP contribution in [0.1, 0.15) is 22.8 Å². The van der Waals surface area contributed by atoms with Crippen LogP contribution >= 0.6 is 0 Å². The molecule has 2 aromatic rings. The molecule has 20 heavy (non-hydrogen) atoms. The van der Waals surface area contributed by atoms with E-state index in [-0.39, 0.29) is 5.56 Å². The average molecular weight is 271 g/mol. The van der Waals surface area contributed by atoms with E-state index >= 15 is 0 Å². The van der Waals surface area contributed by atoms with Gasteiger partial charge in [-0.15, -0.1) is 0 Å². The fourth-order valence-corrected chi connectivity index (χ4v) is 1.87. The van der Waals surface area contributed by atoms with Crippen LogP contribution in [-0.2, 0) is 13.1 Å². The van der Waals surface area contributed by atoms with Crippen LogP contribution in [0.15, 0.2) is 47.4 Å². The van der Waals surface area contributed by atoms with Gasteiger partial charge in [-0.05, 0) is 30.7 Å². The first-order chi connectivity index (χ1) is 9.60. The van der Waals surface area contributed by atoms with Crippen molar-refractivity contribution in [3.05, 3.63) is 64.1 Å². The Kier molecular flexibility index (Phi) is 4.20. The molecule has 1 aromatic heterocycles. The molecule has 0 radical (unpaired) electrons. The first-order valence-electron chi connectivity index (χ1n) is 6.43. The van der Waals surface area contributed by atoms with Crippen LogP contribution in [0, 0.1) is 0 Å². The summed E-state index contributed by atoms with van der Waals surface area (Å²) >= 11 is 0. The number of hydrogen-bond donors (Lipinski definition) is 2. The third-order valence-corrected chi connectivity index (χ3v) is 3.06. The Hall–Kier alpha value is -2.56. The van der Waals surface area contributed by atoms with Crippen molar-refractivity contribution in [3.8, 4) is 0 Å². The third kappa shape index (κ3) is 3.26. The SMILES string of the molecule is CCn1cc(NCc2ccc(C(N)=O)cc2)ccc1=O. The second kappa shape index (κ2) is 6.06. The molecule has 5 nitrogen and oxygen atoms in total. The molecule has 0 aliphatic rings. The van der Waals surface area contributed by atoms with Crippen molar-refractivity contribution >= 4 is 11.6 Å². The molecule has 3 N–H and O–H groups in total. The minimum absolute atomic E-state index is 0.0103. The van der Waals surface area contributed by atoms with Gasteiger partial charge in [0.05, 0.1) is 5.69 Å². The predicted molar refractivity (Wildman–Crippen MR) is 78.7 cm³/mol. The Bertz CT molecular complexity index is 660. The lowest BCUT2D eigenvalue weighted by atomic mass is 10.1. The normalized spacial score (nSPS) is 10.2. The quantitative estimate of drug-likeness (QED) is 0.866. The number of carbonyl (C=O) groups is 1. The first-order valence-corrected chi connectivity index (χ1v) is 6.43. The number of anilines is 1. The van der Waals surface area contributed by atoms with Gasteiger partial charge in [0.15, 0.2) is 0 Å². The van der Waals surface area contributed by atoms with Gasteiger partial charge < -0.3 is 15.6 Å². The van der Waals surface area contributed by atoms with Crippen LogP contribution in [0.2, 0.25) is 0 Å². The van der Waals surface area contributed by atoms with Crippen LogP contribution < -0.4 is 16.6 Å². The molecule has 104 valence electrons. The molecular weight excluding hydrogens is 254 g/mol. The average Bonchev–Trinajstić information content (AvgIpc) is 2.46.